The second-order valence-electron chi connectivity index (χ2n) is 14.0. The minimum Gasteiger partial charge on any atom is -0.350 e. The molecule has 0 radical (unpaired) electrons. The van der Waals surface area contributed by atoms with E-state index in [0.29, 0.717) is 5.56 Å². The summed E-state index contributed by atoms with van der Waals surface area (Å²) < 4.78 is 0. The van der Waals surface area contributed by atoms with E-state index in [9.17, 15) is 5.26 Å². The fraction of sp³-hybridized carbons (Fsp3) is 0.156. The zero-order valence-corrected chi connectivity index (χ0v) is 27.9. The lowest BCUT2D eigenvalue weighted by Crippen LogP contribution is -2.46. The minimum absolute atomic E-state index is 0.106. The Bertz CT molecular complexity index is 2280. The molecule has 6 aromatic carbocycles. The number of nitrogens with one attached hydrogen (secondary N) is 1. The van der Waals surface area contributed by atoms with Crippen LogP contribution in [0.2, 0.25) is 0 Å². The van der Waals surface area contributed by atoms with Crippen molar-refractivity contribution in [3.8, 4) is 17.2 Å². The van der Waals surface area contributed by atoms with Gasteiger partial charge < -0.3 is 5.32 Å². The number of benzene rings is 6. The quantitative estimate of drug-likeness (QED) is 0.211. The van der Waals surface area contributed by atoms with Gasteiger partial charge in [0.1, 0.15) is 18.2 Å². The summed E-state index contributed by atoms with van der Waals surface area (Å²) >= 11 is 0. The molecule has 1 aliphatic heterocycles. The number of rotatable bonds is 3. The summed E-state index contributed by atoms with van der Waals surface area (Å²) in [7, 11) is 2.15. The van der Waals surface area contributed by atoms with Crippen LogP contribution >= 0.6 is 0 Å². The lowest BCUT2D eigenvalue weighted by molar-refractivity contribution is 0.152. The Balaban J connectivity index is 1.29. The first kappa shape index (κ1) is 29.4. The normalized spacial score (nSPS) is 19.4. The first-order valence-electron chi connectivity index (χ1n) is 17.0. The predicted octanol–water partition coefficient (Wildman–Crippen LogP) is 9.24. The third-order valence-electron chi connectivity index (χ3n) is 11.1. The number of nitriles is 1. The molecular formula is C45H36N4. The van der Waals surface area contributed by atoms with Crippen molar-refractivity contribution in [1.29, 1.82) is 5.26 Å². The summed E-state index contributed by atoms with van der Waals surface area (Å²) in [5.74, 6) is 0.815. The van der Waals surface area contributed by atoms with E-state index in [1.165, 1.54) is 50.1 Å². The molecule has 0 amide bonds. The molecule has 236 valence electrons. The Hall–Kier alpha value is -5.76. The fourth-order valence-corrected chi connectivity index (χ4v) is 8.79. The topological polar surface area (TPSA) is 51.4 Å². The van der Waals surface area contributed by atoms with Gasteiger partial charge in [-0.05, 0) is 86.9 Å². The van der Waals surface area contributed by atoms with Gasteiger partial charge >= 0.3 is 0 Å². The van der Waals surface area contributed by atoms with Crippen LogP contribution in [0.15, 0.2) is 151 Å². The largest absolute Gasteiger partial charge is 0.350 e. The molecule has 0 fully saturated rings. The lowest BCUT2D eigenvalue weighted by atomic mass is 9.55. The third-order valence-corrected chi connectivity index (χ3v) is 11.1. The number of nitrogens with zero attached hydrogens (tertiary/aromatic N) is 3. The van der Waals surface area contributed by atoms with E-state index in [1.807, 2.05) is 24.3 Å². The predicted molar refractivity (Wildman–Crippen MR) is 196 cm³/mol. The zero-order chi connectivity index (χ0) is 33.3. The van der Waals surface area contributed by atoms with Gasteiger partial charge in [-0.25, -0.2) is 4.99 Å². The number of hydrogen-bond acceptors (Lipinski definition) is 4. The molecule has 9 rings (SSSR count). The van der Waals surface area contributed by atoms with E-state index in [-0.39, 0.29) is 17.7 Å². The highest BCUT2D eigenvalue weighted by molar-refractivity contribution is 5.99. The average Bonchev–Trinajstić information content (AvgIpc) is 3.45. The van der Waals surface area contributed by atoms with Gasteiger partial charge in [0.05, 0.1) is 17.0 Å². The summed E-state index contributed by atoms with van der Waals surface area (Å²) in [5.41, 5.74) is 13.9. The van der Waals surface area contributed by atoms with Crippen molar-refractivity contribution in [2.45, 2.75) is 37.0 Å². The van der Waals surface area contributed by atoms with Gasteiger partial charge in [-0.3, -0.25) is 4.90 Å². The highest BCUT2D eigenvalue weighted by Crippen LogP contribution is 2.62. The SMILES string of the molecule is CN1C(c2ccc3c(c2)C2(c4ccccc4-3)c3ccccc3C(C)(C)c3ccccc32)N=C(c2ccc(C#N)cc2)NC1c1ccccc1. The molecule has 0 saturated heterocycles. The Morgan fingerprint density at radius 3 is 1.84 bits per heavy atom. The molecule has 2 aliphatic carbocycles. The van der Waals surface area contributed by atoms with Crippen LogP contribution in [0.3, 0.4) is 0 Å². The molecule has 3 aliphatic rings. The van der Waals surface area contributed by atoms with Gasteiger partial charge in [0.2, 0.25) is 0 Å². The summed E-state index contributed by atoms with van der Waals surface area (Å²) in [5, 5.41) is 13.2. The second-order valence-corrected chi connectivity index (χ2v) is 14.0. The van der Waals surface area contributed by atoms with Crippen LogP contribution < -0.4 is 5.32 Å². The van der Waals surface area contributed by atoms with E-state index in [4.69, 9.17) is 4.99 Å². The summed E-state index contributed by atoms with van der Waals surface area (Å²) in [6.07, 6.45) is -0.362. The molecule has 1 N–H and O–H groups in total. The maximum atomic E-state index is 9.45. The Morgan fingerprint density at radius 2 is 1.18 bits per heavy atom. The highest BCUT2D eigenvalue weighted by atomic mass is 15.4. The zero-order valence-electron chi connectivity index (χ0n) is 27.9. The number of amidine groups is 1. The molecule has 2 atom stereocenters. The average molecular weight is 633 g/mol. The van der Waals surface area contributed by atoms with E-state index >= 15 is 0 Å². The van der Waals surface area contributed by atoms with Gasteiger partial charge in [0.25, 0.3) is 0 Å². The number of hydrogen-bond donors (Lipinski definition) is 1. The van der Waals surface area contributed by atoms with Crippen LogP contribution in [0.4, 0.5) is 0 Å². The Morgan fingerprint density at radius 1 is 0.612 bits per heavy atom. The summed E-state index contributed by atoms with van der Waals surface area (Å²) in [6, 6.07) is 54.7. The molecule has 49 heavy (non-hydrogen) atoms. The van der Waals surface area contributed by atoms with Crippen LogP contribution in [-0.2, 0) is 10.8 Å². The first-order chi connectivity index (χ1) is 23.9. The maximum absolute atomic E-state index is 9.45. The Labute approximate surface area is 288 Å². The standard InChI is InChI=1S/C45H36N4/c1-44(2)36-17-9-11-19-38(36)45(39-20-12-10-18-37(39)44)35-16-8-7-15-33(35)34-26-25-32(27-40(34)45)43-48-41(30-23-21-29(28-46)22-24-30)47-42(49(43)3)31-13-5-4-6-14-31/h4-27,42-43H,1-3H3,(H,47,48). The van der Waals surface area contributed by atoms with Gasteiger partial charge in [0, 0.05) is 11.0 Å². The Kier molecular flexibility index (Phi) is 6.53. The molecule has 0 bridgehead atoms. The number of aliphatic imine (C=N–C) groups is 1. The molecule has 2 unspecified atom stereocenters. The molecule has 0 aromatic heterocycles. The minimum atomic E-state index is -0.464. The summed E-state index contributed by atoms with van der Waals surface area (Å²) in [4.78, 5) is 7.73. The van der Waals surface area contributed by atoms with Crippen LogP contribution in [0, 0.1) is 11.3 Å². The van der Waals surface area contributed by atoms with Crippen LogP contribution in [0.5, 0.6) is 0 Å². The van der Waals surface area contributed by atoms with Crippen molar-refractivity contribution in [2.75, 3.05) is 7.05 Å². The van der Waals surface area contributed by atoms with Crippen molar-refractivity contribution < 1.29 is 0 Å². The van der Waals surface area contributed by atoms with Crippen molar-refractivity contribution >= 4 is 5.84 Å². The van der Waals surface area contributed by atoms with Crippen LogP contribution in [0.25, 0.3) is 11.1 Å². The van der Waals surface area contributed by atoms with Gasteiger partial charge in [-0.2, -0.15) is 5.26 Å². The van der Waals surface area contributed by atoms with E-state index < -0.39 is 5.41 Å². The molecular weight excluding hydrogens is 597 g/mol. The van der Waals surface area contributed by atoms with Crippen molar-refractivity contribution in [3.05, 3.63) is 201 Å². The molecule has 4 heteroatoms. The monoisotopic (exact) mass is 632 g/mol. The van der Waals surface area contributed by atoms with E-state index in [1.54, 1.807) is 0 Å². The number of fused-ring (bicyclic) bond motifs is 9. The fourth-order valence-electron chi connectivity index (χ4n) is 8.79. The molecule has 0 saturated carbocycles. The summed E-state index contributed by atoms with van der Waals surface area (Å²) in [6.45, 7) is 4.73. The molecule has 4 nitrogen and oxygen atoms in total. The highest BCUT2D eigenvalue weighted by Gasteiger charge is 2.53. The van der Waals surface area contributed by atoms with Gasteiger partial charge in [0.15, 0.2) is 0 Å². The van der Waals surface area contributed by atoms with Crippen molar-refractivity contribution in [2.24, 2.45) is 4.99 Å². The first-order valence-corrected chi connectivity index (χ1v) is 17.0. The van der Waals surface area contributed by atoms with Crippen molar-refractivity contribution in [3.63, 3.8) is 0 Å². The third kappa shape index (κ3) is 4.16. The van der Waals surface area contributed by atoms with E-state index in [0.717, 1.165) is 17.0 Å². The maximum Gasteiger partial charge on any atom is 0.132 e. The second kappa shape index (κ2) is 10.9. The lowest BCUT2D eigenvalue weighted by Gasteiger charge is -2.47. The smallest absolute Gasteiger partial charge is 0.132 e. The van der Waals surface area contributed by atoms with Gasteiger partial charge in [-0.15, -0.1) is 0 Å². The van der Waals surface area contributed by atoms with Crippen LogP contribution in [0.1, 0.15) is 81.8 Å². The molecule has 1 spiro atoms. The van der Waals surface area contributed by atoms with Crippen molar-refractivity contribution in [1.82, 2.24) is 10.2 Å². The van der Waals surface area contributed by atoms with Gasteiger partial charge in [-0.1, -0.05) is 135 Å². The van der Waals surface area contributed by atoms with Crippen LogP contribution in [-0.4, -0.2) is 17.8 Å². The molecule has 1 heterocycles. The van der Waals surface area contributed by atoms with E-state index in [2.05, 4.69) is 159 Å². The molecule has 6 aromatic rings.